The molecule has 1 atom stereocenters. The van der Waals surface area contributed by atoms with Gasteiger partial charge in [0, 0.05) is 11.1 Å². The van der Waals surface area contributed by atoms with E-state index in [1.54, 1.807) is 17.5 Å². The van der Waals surface area contributed by atoms with Gasteiger partial charge >= 0.3 is 0 Å². The van der Waals surface area contributed by atoms with Crippen molar-refractivity contribution in [1.82, 2.24) is 15.4 Å². The van der Waals surface area contributed by atoms with Crippen molar-refractivity contribution in [3.8, 4) is 0 Å². The van der Waals surface area contributed by atoms with Crippen molar-refractivity contribution in [3.05, 3.63) is 46.2 Å². The number of aryl methyl sites for hydroxylation is 1. The zero-order valence-electron chi connectivity index (χ0n) is 8.34. The van der Waals surface area contributed by atoms with Crippen LogP contribution >= 0.6 is 11.3 Å². The van der Waals surface area contributed by atoms with E-state index in [4.69, 9.17) is 5.84 Å². The first-order chi connectivity index (χ1) is 7.31. The first kappa shape index (κ1) is 10.2. The Hall–Kier alpha value is -1.30. The van der Waals surface area contributed by atoms with Gasteiger partial charge < -0.3 is 0 Å². The highest BCUT2D eigenvalue weighted by molar-refractivity contribution is 7.10. The molecule has 1 unspecified atom stereocenters. The summed E-state index contributed by atoms with van der Waals surface area (Å²) >= 11 is 1.70. The summed E-state index contributed by atoms with van der Waals surface area (Å²) in [4.78, 5) is 9.33. The van der Waals surface area contributed by atoms with Crippen molar-refractivity contribution < 1.29 is 0 Å². The summed E-state index contributed by atoms with van der Waals surface area (Å²) in [7, 11) is 0. The molecule has 0 fully saturated rings. The maximum absolute atomic E-state index is 5.54. The second kappa shape index (κ2) is 4.48. The van der Waals surface area contributed by atoms with Gasteiger partial charge in [0.2, 0.25) is 0 Å². The molecule has 0 radical (unpaired) electrons. The maximum Gasteiger partial charge on any atom is 0.115 e. The van der Waals surface area contributed by atoms with Crippen LogP contribution in [0.1, 0.15) is 22.2 Å². The highest BCUT2D eigenvalue weighted by Crippen LogP contribution is 2.23. The number of hydrogen-bond donors (Lipinski definition) is 2. The number of nitrogens with one attached hydrogen (secondary N) is 1. The lowest BCUT2D eigenvalue weighted by atomic mass is 10.1. The molecule has 0 aromatic carbocycles. The number of thiophene rings is 1. The summed E-state index contributed by atoms with van der Waals surface area (Å²) in [6, 6.07) is 3.91. The zero-order valence-corrected chi connectivity index (χ0v) is 9.16. The lowest BCUT2D eigenvalue weighted by molar-refractivity contribution is 0.620. The minimum absolute atomic E-state index is 0.0575. The van der Waals surface area contributed by atoms with Crippen LogP contribution in [0.3, 0.4) is 0 Å². The topological polar surface area (TPSA) is 63.8 Å². The Labute approximate surface area is 92.2 Å². The second-order valence-corrected chi connectivity index (χ2v) is 4.34. The molecule has 2 heterocycles. The van der Waals surface area contributed by atoms with Gasteiger partial charge in [-0.2, -0.15) is 0 Å². The lowest BCUT2D eigenvalue weighted by Crippen LogP contribution is -2.29. The van der Waals surface area contributed by atoms with E-state index in [0.29, 0.717) is 0 Å². The summed E-state index contributed by atoms with van der Waals surface area (Å²) in [6.07, 6.45) is 3.24. The summed E-state index contributed by atoms with van der Waals surface area (Å²) in [5, 5.41) is 2.09. The monoisotopic (exact) mass is 220 g/mol. The van der Waals surface area contributed by atoms with Crippen molar-refractivity contribution in [2.45, 2.75) is 13.0 Å². The van der Waals surface area contributed by atoms with Crippen LogP contribution in [0, 0.1) is 6.92 Å². The molecule has 0 saturated heterocycles. The predicted octanol–water partition coefficient (Wildman–Crippen LogP) is 1.40. The Morgan fingerprint density at radius 1 is 1.53 bits per heavy atom. The molecule has 4 nitrogen and oxygen atoms in total. The van der Waals surface area contributed by atoms with Crippen molar-refractivity contribution in [2.75, 3.05) is 0 Å². The van der Waals surface area contributed by atoms with Gasteiger partial charge in [0.25, 0.3) is 0 Å². The summed E-state index contributed by atoms with van der Waals surface area (Å²) in [6.45, 7) is 2.07. The third-order valence-electron chi connectivity index (χ3n) is 2.15. The van der Waals surface area contributed by atoms with E-state index in [0.717, 1.165) is 11.3 Å². The van der Waals surface area contributed by atoms with Crippen LogP contribution in [0.15, 0.2) is 30.0 Å². The van der Waals surface area contributed by atoms with Crippen molar-refractivity contribution in [3.63, 3.8) is 0 Å². The van der Waals surface area contributed by atoms with Crippen LogP contribution in [0.4, 0.5) is 0 Å². The van der Waals surface area contributed by atoms with Gasteiger partial charge in [0.15, 0.2) is 0 Å². The van der Waals surface area contributed by atoms with Gasteiger partial charge in [-0.15, -0.1) is 11.3 Å². The molecule has 5 heteroatoms. The molecule has 3 N–H and O–H groups in total. The number of nitrogens with two attached hydrogens (primary N) is 1. The molecule has 2 aromatic rings. The Bertz CT molecular complexity index is 426. The van der Waals surface area contributed by atoms with Crippen LogP contribution in [-0.4, -0.2) is 9.97 Å². The van der Waals surface area contributed by atoms with Gasteiger partial charge in [0.05, 0.1) is 11.7 Å². The predicted molar refractivity (Wildman–Crippen MR) is 60.3 cm³/mol. The van der Waals surface area contributed by atoms with Gasteiger partial charge in [-0.3, -0.25) is 5.84 Å². The standard InChI is InChI=1S/C10H12N4S/c1-7-4-8(5-15-7)10(14-11)9-2-3-12-6-13-9/h2-6,10,14H,11H2,1H3. The molecule has 2 rings (SSSR count). The molecule has 0 aliphatic carbocycles. The molecular weight excluding hydrogens is 208 g/mol. The largest absolute Gasteiger partial charge is 0.271 e. The molecule has 0 bridgehead atoms. The van der Waals surface area contributed by atoms with E-state index in [1.807, 2.05) is 6.07 Å². The smallest absolute Gasteiger partial charge is 0.115 e. The van der Waals surface area contributed by atoms with E-state index < -0.39 is 0 Å². The Kier molecular flexibility index (Phi) is 3.05. The first-order valence-corrected chi connectivity index (χ1v) is 5.46. The van der Waals surface area contributed by atoms with Gasteiger partial charge in [-0.05, 0) is 30.0 Å². The van der Waals surface area contributed by atoms with E-state index in [9.17, 15) is 0 Å². The van der Waals surface area contributed by atoms with E-state index in [1.165, 1.54) is 11.2 Å². The SMILES string of the molecule is Cc1cc(C(NN)c2ccncn2)cs1. The lowest BCUT2D eigenvalue weighted by Gasteiger charge is -2.13. The van der Waals surface area contributed by atoms with E-state index >= 15 is 0 Å². The molecule has 2 aromatic heterocycles. The maximum atomic E-state index is 5.54. The van der Waals surface area contributed by atoms with Crippen molar-refractivity contribution in [2.24, 2.45) is 5.84 Å². The Balaban J connectivity index is 2.33. The van der Waals surface area contributed by atoms with Crippen molar-refractivity contribution >= 4 is 11.3 Å². The Morgan fingerprint density at radius 3 is 2.93 bits per heavy atom. The van der Waals surface area contributed by atoms with Crippen LogP contribution in [-0.2, 0) is 0 Å². The van der Waals surface area contributed by atoms with E-state index in [2.05, 4.69) is 33.8 Å². The van der Waals surface area contributed by atoms with Gasteiger partial charge in [-0.25, -0.2) is 15.4 Å². The molecule has 78 valence electrons. The number of hydrazine groups is 1. The number of rotatable bonds is 3. The first-order valence-electron chi connectivity index (χ1n) is 4.58. The highest BCUT2D eigenvalue weighted by atomic mass is 32.1. The summed E-state index contributed by atoms with van der Waals surface area (Å²) in [5.41, 5.74) is 4.78. The van der Waals surface area contributed by atoms with Crippen LogP contribution in [0.5, 0.6) is 0 Å². The molecule has 0 amide bonds. The fourth-order valence-corrected chi connectivity index (χ4v) is 2.17. The van der Waals surface area contributed by atoms with Crippen LogP contribution in [0.25, 0.3) is 0 Å². The number of nitrogens with zero attached hydrogens (tertiary/aromatic N) is 2. The summed E-state index contributed by atoms with van der Waals surface area (Å²) in [5.74, 6) is 5.54. The molecule has 0 aliphatic heterocycles. The minimum Gasteiger partial charge on any atom is -0.271 e. The van der Waals surface area contributed by atoms with Crippen molar-refractivity contribution in [1.29, 1.82) is 0 Å². The normalized spacial score (nSPS) is 12.7. The van der Waals surface area contributed by atoms with Crippen LogP contribution in [0.2, 0.25) is 0 Å². The molecule has 15 heavy (non-hydrogen) atoms. The second-order valence-electron chi connectivity index (χ2n) is 3.22. The van der Waals surface area contributed by atoms with Gasteiger partial charge in [-0.1, -0.05) is 0 Å². The summed E-state index contributed by atoms with van der Waals surface area (Å²) < 4.78 is 0. The average Bonchev–Trinajstić information content (AvgIpc) is 2.68. The van der Waals surface area contributed by atoms with Crippen LogP contribution < -0.4 is 11.3 Å². The van der Waals surface area contributed by atoms with Gasteiger partial charge in [0.1, 0.15) is 6.33 Å². The highest BCUT2D eigenvalue weighted by Gasteiger charge is 2.14. The molecular formula is C10H12N4S. The minimum atomic E-state index is -0.0575. The zero-order chi connectivity index (χ0) is 10.7. The molecule has 0 saturated carbocycles. The van der Waals surface area contributed by atoms with E-state index in [-0.39, 0.29) is 6.04 Å². The fraction of sp³-hybridized carbons (Fsp3) is 0.200. The Morgan fingerprint density at radius 2 is 2.40 bits per heavy atom. The third kappa shape index (κ3) is 2.20. The number of hydrogen-bond acceptors (Lipinski definition) is 5. The fourth-order valence-electron chi connectivity index (χ4n) is 1.44. The average molecular weight is 220 g/mol. The molecule has 0 aliphatic rings. The quantitative estimate of drug-likeness (QED) is 0.606. The third-order valence-corrected chi connectivity index (χ3v) is 3.03. The number of aromatic nitrogens is 2. The molecule has 0 spiro atoms.